The summed E-state index contributed by atoms with van der Waals surface area (Å²) in [6.45, 7) is 5.99. The van der Waals surface area contributed by atoms with Gasteiger partial charge in [-0.05, 0) is 59.2 Å². The van der Waals surface area contributed by atoms with Crippen molar-refractivity contribution in [3.63, 3.8) is 0 Å². The molecule has 1 saturated carbocycles. The summed E-state index contributed by atoms with van der Waals surface area (Å²) < 4.78 is 0. The van der Waals surface area contributed by atoms with E-state index in [1.807, 2.05) is 21.2 Å². The van der Waals surface area contributed by atoms with Crippen molar-refractivity contribution >= 4 is 36.8 Å². The van der Waals surface area contributed by atoms with Gasteiger partial charge in [-0.25, -0.2) is 0 Å². The summed E-state index contributed by atoms with van der Waals surface area (Å²) in [6.07, 6.45) is 4.70. The minimum atomic E-state index is -0.175. The molecule has 0 radical (unpaired) electrons. The van der Waals surface area contributed by atoms with Gasteiger partial charge < -0.3 is 5.11 Å². The Labute approximate surface area is 123 Å². The third-order valence-corrected chi connectivity index (χ3v) is 3.95. The fourth-order valence-corrected chi connectivity index (χ4v) is 3.19. The molecule has 1 fully saturated rings. The number of carbonyl (C=O) groups is 1. The van der Waals surface area contributed by atoms with Crippen molar-refractivity contribution in [2.45, 2.75) is 59.0 Å². The molecule has 4 unspecified atom stereocenters. The third-order valence-electron chi connectivity index (χ3n) is 3.95. The average molecular weight is 372 g/mol. The van der Waals surface area contributed by atoms with Crippen LogP contribution in [0.1, 0.15) is 52.9 Å². The minimum Gasteiger partial charge on any atom is -0.393 e. The molecular weight excluding hydrogens is 347 g/mol. The molecule has 1 N–H and O–H groups in total. The number of halogens is 1. The van der Waals surface area contributed by atoms with Crippen molar-refractivity contribution in [2.75, 3.05) is 0 Å². The van der Waals surface area contributed by atoms with Gasteiger partial charge in [-0.2, -0.15) is 0 Å². The van der Waals surface area contributed by atoms with E-state index in [0.717, 1.165) is 32.1 Å². The highest BCUT2D eigenvalue weighted by atomic mass is 127. The molecular formula is C13H25IO2S. The van der Waals surface area contributed by atoms with Crippen LogP contribution in [0.25, 0.3) is 0 Å². The van der Waals surface area contributed by atoms with Crippen LogP contribution >= 0.6 is 31.0 Å². The van der Waals surface area contributed by atoms with Crippen molar-refractivity contribution in [3.8, 4) is 0 Å². The van der Waals surface area contributed by atoms with Crippen LogP contribution in [0, 0.1) is 17.8 Å². The Bertz CT molecular complexity index is 223. The normalized spacial score (nSPS) is 32.6. The van der Waals surface area contributed by atoms with Gasteiger partial charge in [0.25, 0.3) is 0 Å². The van der Waals surface area contributed by atoms with Crippen molar-refractivity contribution in [3.05, 3.63) is 0 Å². The second kappa shape index (κ2) is 9.62. The predicted octanol–water partition coefficient (Wildman–Crippen LogP) is 4.06. The van der Waals surface area contributed by atoms with E-state index in [1.165, 1.54) is 0 Å². The standard InChI is InChI=1S/C13H24O2.HIS/c1-4-6-12-10(5-2)11(9(3)14)7-8-13(12)15;1-2/h10-13,15H,4-8H2,1-3H3;2H. The number of aliphatic hydroxyl groups excluding tert-OH is 1. The van der Waals surface area contributed by atoms with Crippen molar-refractivity contribution in [1.82, 2.24) is 0 Å². The Kier molecular flexibility index (Phi) is 10.0. The van der Waals surface area contributed by atoms with E-state index in [-0.39, 0.29) is 12.0 Å². The number of carbonyl (C=O) groups excluding carboxylic acids is 1. The van der Waals surface area contributed by atoms with Crippen LogP contribution < -0.4 is 0 Å². The topological polar surface area (TPSA) is 37.3 Å². The molecule has 102 valence electrons. The number of thiol groups is 1. The molecule has 0 heterocycles. The Morgan fingerprint density at radius 1 is 1.29 bits per heavy atom. The van der Waals surface area contributed by atoms with Gasteiger partial charge in [0.1, 0.15) is 5.78 Å². The lowest BCUT2D eigenvalue weighted by Crippen LogP contribution is -2.40. The summed E-state index contributed by atoms with van der Waals surface area (Å²) in [6, 6.07) is 0. The van der Waals surface area contributed by atoms with Gasteiger partial charge >= 0.3 is 0 Å². The molecule has 0 aliphatic heterocycles. The zero-order valence-corrected chi connectivity index (χ0v) is 14.1. The zero-order valence-electron chi connectivity index (χ0n) is 11.0. The van der Waals surface area contributed by atoms with Gasteiger partial charge in [-0.1, -0.05) is 26.7 Å². The van der Waals surface area contributed by atoms with E-state index in [4.69, 9.17) is 0 Å². The van der Waals surface area contributed by atoms with E-state index in [0.29, 0.717) is 17.6 Å². The molecule has 0 spiro atoms. The molecule has 1 aliphatic carbocycles. The number of rotatable bonds is 4. The van der Waals surface area contributed by atoms with Crippen LogP contribution in [0.3, 0.4) is 0 Å². The van der Waals surface area contributed by atoms with E-state index in [1.54, 1.807) is 6.92 Å². The number of hydrogen-bond donors (Lipinski definition) is 2. The van der Waals surface area contributed by atoms with Crippen LogP contribution in [0.4, 0.5) is 0 Å². The lowest BCUT2D eigenvalue weighted by molar-refractivity contribution is -0.127. The summed E-state index contributed by atoms with van der Waals surface area (Å²) >= 11 is 1.84. The molecule has 2 nitrogen and oxygen atoms in total. The second-order valence-corrected chi connectivity index (χ2v) is 4.89. The summed E-state index contributed by atoms with van der Waals surface area (Å²) in [5.41, 5.74) is 0. The monoisotopic (exact) mass is 372 g/mol. The number of aliphatic hydroxyl groups is 1. The zero-order chi connectivity index (χ0) is 13.4. The maximum absolute atomic E-state index is 11.5. The van der Waals surface area contributed by atoms with Gasteiger partial charge in [-0.3, -0.25) is 4.79 Å². The lowest BCUT2D eigenvalue weighted by atomic mass is 9.66. The molecule has 17 heavy (non-hydrogen) atoms. The van der Waals surface area contributed by atoms with Crippen LogP contribution in [0.15, 0.2) is 0 Å². The molecule has 0 saturated heterocycles. The number of ketones is 1. The average Bonchev–Trinajstić information content (AvgIpc) is 2.33. The maximum atomic E-state index is 11.5. The SMILES string of the molecule is CCCC1C(O)CCC(C(C)=O)C1CC.SI. The number of hydrogen-bond acceptors (Lipinski definition) is 3. The molecule has 4 atom stereocenters. The summed E-state index contributed by atoms with van der Waals surface area (Å²) in [4.78, 5) is 11.5. The van der Waals surface area contributed by atoms with Crippen molar-refractivity contribution in [2.24, 2.45) is 17.8 Å². The van der Waals surface area contributed by atoms with E-state index >= 15 is 0 Å². The first-order valence-corrected chi connectivity index (χ1v) is 9.70. The van der Waals surface area contributed by atoms with Crippen LogP contribution in [-0.4, -0.2) is 17.0 Å². The van der Waals surface area contributed by atoms with Gasteiger partial charge in [-0.15, -0.1) is 9.80 Å². The molecule has 1 aliphatic rings. The molecule has 1 rings (SSSR count). The van der Waals surface area contributed by atoms with Gasteiger partial charge in [0, 0.05) is 5.92 Å². The summed E-state index contributed by atoms with van der Waals surface area (Å²) in [7, 11) is 3.50. The molecule has 0 amide bonds. The fraction of sp³-hybridized carbons (Fsp3) is 0.923. The van der Waals surface area contributed by atoms with E-state index < -0.39 is 0 Å². The Hall–Kier alpha value is 0.710. The molecule has 4 heteroatoms. The van der Waals surface area contributed by atoms with Gasteiger partial charge in [0.15, 0.2) is 0 Å². The van der Waals surface area contributed by atoms with Crippen LogP contribution in [0.2, 0.25) is 0 Å². The quantitative estimate of drug-likeness (QED) is 0.577. The predicted molar refractivity (Wildman–Crippen MR) is 84.6 cm³/mol. The Morgan fingerprint density at radius 3 is 2.29 bits per heavy atom. The molecule has 0 aromatic rings. The molecule has 0 aromatic heterocycles. The highest BCUT2D eigenvalue weighted by molar-refractivity contribution is 14.2. The van der Waals surface area contributed by atoms with Crippen LogP contribution in [0.5, 0.6) is 0 Å². The van der Waals surface area contributed by atoms with Crippen molar-refractivity contribution in [1.29, 1.82) is 0 Å². The summed E-state index contributed by atoms with van der Waals surface area (Å²) in [5.74, 6) is 1.28. The Balaban J connectivity index is 0.00000121. The maximum Gasteiger partial charge on any atom is 0.133 e. The first kappa shape index (κ1) is 17.7. The highest BCUT2D eigenvalue weighted by Gasteiger charge is 2.38. The smallest absolute Gasteiger partial charge is 0.133 e. The largest absolute Gasteiger partial charge is 0.393 e. The van der Waals surface area contributed by atoms with Gasteiger partial charge in [0.2, 0.25) is 0 Å². The third kappa shape index (κ3) is 5.07. The number of Topliss-reactive ketones (excluding diaryl/α,β-unsaturated/α-hetero) is 1. The molecule has 0 aromatic carbocycles. The van der Waals surface area contributed by atoms with E-state index in [9.17, 15) is 9.90 Å². The van der Waals surface area contributed by atoms with Gasteiger partial charge in [0.05, 0.1) is 6.10 Å². The Morgan fingerprint density at radius 2 is 1.88 bits per heavy atom. The second-order valence-electron chi connectivity index (χ2n) is 4.89. The first-order valence-electron chi connectivity index (χ1n) is 6.47. The van der Waals surface area contributed by atoms with Crippen LogP contribution in [-0.2, 0) is 4.79 Å². The summed E-state index contributed by atoms with van der Waals surface area (Å²) in [5, 5.41) is 9.99. The molecule has 0 bridgehead atoms. The fourth-order valence-electron chi connectivity index (χ4n) is 3.19. The highest BCUT2D eigenvalue weighted by Crippen LogP contribution is 2.39. The first-order chi connectivity index (χ1) is 8.11. The minimum absolute atomic E-state index is 0.175. The van der Waals surface area contributed by atoms with Crippen molar-refractivity contribution < 1.29 is 9.90 Å². The van der Waals surface area contributed by atoms with E-state index in [2.05, 4.69) is 23.6 Å². The lowest BCUT2D eigenvalue weighted by Gasteiger charge is -2.40.